The van der Waals surface area contributed by atoms with E-state index < -0.39 is 0 Å². The van der Waals surface area contributed by atoms with E-state index in [9.17, 15) is 9.59 Å². The van der Waals surface area contributed by atoms with Gasteiger partial charge in [-0.1, -0.05) is 60.3 Å². The third kappa shape index (κ3) is 5.89. The molecule has 1 saturated carbocycles. The van der Waals surface area contributed by atoms with Crippen LogP contribution in [0.5, 0.6) is 0 Å². The van der Waals surface area contributed by atoms with E-state index in [1.54, 1.807) is 36.4 Å². The molecular formula is C21H22Cl4N4O2. The van der Waals surface area contributed by atoms with Gasteiger partial charge >= 0.3 is 12.1 Å². The molecular weight excluding hydrogens is 482 g/mol. The third-order valence-electron chi connectivity index (χ3n) is 5.64. The van der Waals surface area contributed by atoms with Crippen LogP contribution in [0.1, 0.15) is 20.3 Å². The fraction of sp³-hybridized carbons (Fsp3) is 0.333. The van der Waals surface area contributed by atoms with Crippen LogP contribution < -0.4 is 21.3 Å². The number of urea groups is 2. The standard InChI is InChI=1S/C21H22Cl4N4O2/c1-21(2)11(10-26-19(30)27-12-3-5-14(22)16(24)8-12)7-18(21)29-20(31)28-13-4-6-15(23)17(25)9-13/h3-6,8-9,11,18H,7,10H2,1-2H3,(H2,26,27,30)(H2,28,29,31). The molecule has 0 aromatic heterocycles. The summed E-state index contributed by atoms with van der Waals surface area (Å²) in [6, 6.07) is 9.10. The summed E-state index contributed by atoms with van der Waals surface area (Å²) < 4.78 is 0. The Balaban J connectivity index is 1.45. The number of carbonyl (C=O) groups excluding carboxylic acids is 2. The molecule has 4 amide bonds. The fourth-order valence-electron chi connectivity index (χ4n) is 3.47. The first kappa shape index (κ1) is 23.8. The number of benzene rings is 2. The molecule has 1 aliphatic rings. The molecule has 0 aliphatic heterocycles. The molecule has 1 fully saturated rings. The summed E-state index contributed by atoms with van der Waals surface area (Å²) in [5.41, 5.74) is 0.922. The van der Waals surface area contributed by atoms with Gasteiger partial charge in [0, 0.05) is 24.0 Å². The average molecular weight is 504 g/mol. The van der Waals surface area contributed by atoms with Crippen molar-refractivity contribution in [3.05, 3.63) is 56.5 Å². The molecule has 0 bridgehead atoms. The van der Waals surface area contributed by atoms with Crippen molar-refractivity contribution >= 4 is 69.8 Å². The van der Waals surface area contributed by atoms with E-state index in [0.717, 1.165) is 6.42 Å². The van der Waals surface area contributed by atoms with Crippen molar-refractivity contribution < 1.29 is 9.59 Å². The zero-order valence-electron chi connectivity index (χ0n) is 16.9. The molecule has 31 heavy (non-hydrogen) atoms. The lowest BCUT2D eigenvalue weighted by atomic mass is 9.58. The predicted molar refractivity (Wildman–Crippen MR) is 128 cm³/mol. The van der Waals surface area contributed by atoms with Crippen LogP contribution in [-0.2, 0) is 0 Å². The number of halogens is 4. The summed E-state index contributed by atoms with van der Waals surface area (Å²) in [5.74, 6) is 0.210. The van der Waals surface area contributed by atoms with E-state index in [0.29, 0.717) is 38.0 Å². The van der Waals surface area contributed by atoms with Gasteiger partial charge in [0.2, 0.25) is 0 Å². The number of anilines is 2. The van der Waals surface area contributed by atoms with Gasteiger partial charge in [-0.05, 0) is 54.2 Å². The molecule has 1 aliphatic carbocycles. The normalized spacial score (nSPS) is 19.2. The molecule has 166 valence electrons. The van der Waals surface area contributed by atoms with Crippen molar-refractivity contribution in [1.82, 2.24) is 10.6 Å². The summed E-state index contributed by atoms with van der Waals surface area (Å²) >= 11 is 23.7. The number of rotatable bonds is 5. The highest BCUT2D eigenvalue weighted by Gasteiger charge is 2.48. The number of amides is 4. The lowest BCUT2D eigenvalue weighted by Gasteiger charge is -2.52. The largest absolute Gasteiger partial charge is 0.338 e. The van der Waals surface area contributed by atoms with Crippen molar-refractivity contribution in [2.75, 3.05) is 17.2 Å². The molecule has 4 N–H and O–H groups in total. The first-order valence-electron chi connectivity index (χ1n) is 9.58. The van der Waals surface area contributed by atoms with E-state index >= 15 is 0 Å². The Bertz CT molecular complexity index is 999. The topological polar surface area (TPSA) is 82.3 Å². The second-order valence-electron chi connectivity index (χ2n) is 8.00. The second-order valence-corrected chi connectivity index (χ2v) is 9.63. The Kier molecular flexibility index (Phi) is 7.47. The highest BCUT2D eigenvalue weighted by atomic mass is 35.5. The molecule has 0 spiro atoms. The lowest BCUT2D eigenvalue weighted by Crippen LogP contribution is -2.61. The highest BCUT2D eigenvalue weighted by molar-refractivity contribution is 6.42. The van der Waals surface area contributed by atoms with Crippen molar-refractivity contribution in [2.45, 2.75) is 26.3 Å². The highest BCUT2D eigenvalue weighted by Crippen LogP contribution is 2.45. The molecule has 0 radical (unpaired) electrons. The Morgan fingerprint density at radius 2 is 1.39 bits per heavy atom. The fourth-order valence-corrected chi connectivity index (χ4v) is 4.07. The van der Waals surface area contributed by atoms with Crippen LogP contribution in [0.4, 0.5) is 21.0 Å². The van der Waals surface area contributed by atoms with Gasteiger partial charge in [-0.2, -0.15) is 0 Å². The van der Waals surface area contributed by atoms with Crippen molar-refractivity contribution in [3.8, 4) is 0 Å². The first-order chi connectivity index (χ1) is 14.6. The number of nitrogens with one attached hydrogen (secondary N) is 4. The van der Waals surface area contributed by atoms with Crippen LogP contribution in [0.2, 0.25) is 20.1 Å². The molecule has 2 unspecified atom stereocenters. The number of hydrogen-bond acceptors (Lipinski definition) is 2. The van der Waals surface area contributed by atoms with E-state index in [1.165, 1.54) is 0 Å². The SMILES string of the molecule is CC1(C)C(CNC(=O)Nc2ccc(Cl)c(Cl)c2)CC1NC(=O)Nc1ccc(Cl)c(Cl)c1. The van der Waals surface area contributed by atoms with Gasteiger partial charge in [0.05, 0.1) is 20.1 Å². The zero-order valence-corrected chi connectivity index (χ0v) is 19.9. The van der Waals surface area contributed by atoms with Crippen LogP contribution in [-0.4, -0.2) is 24.6 Å². The predicted octanol–water partition coefficient (Wildman–Crippen LogP) is 6.66. The molecule has 3 rings (SSSR count). The maximum Gasteiger partial charge on any atom is 0.319 e. The van der Waals surface area contributed by atoms with Gasteiger partial charge in [-0.25, -0.2) is 9.59 Å². The van der Waals surface area contributed by atoms with Crippen LogP contribution in [0.15, 0.2) is 36.4 Å². The van der Waals surface area contributed by atoms with Crippen LogP contribution in [0.25, 0.3) is 0 Å². The quantitative estimate of drug-likeness (QED) is 0.368. The Morgan fingerprint density at radius 3 is 1.87 bits per heavy atom. The van der Waals surface area contributed by atoms with Crippen LogP contribution >= 0.6 is 46.4 Å². The van der Waals surface area contributed by atoms with E-state index in [2.05, 4.69) is 35.1 Å². The summed E-state index contributed by atoms with van der Waals surface area (Å²) in [7, 11) is 0. The zero-order chi connectivity index (χ0) is 22.8. The summed E-state index contributed by atoms with van der Waals surface area (Å²) in [4.78, 5) is 24.5. The minimum atomic E-state index is -0.331. The van der Waals surface area contributed by atoms with Gasteiger partial charge in [0.1, 0.15) is 0 Å². The van der Waals surface area contributed by atoms with Gasteiger partial charge in [0.25, 0.3) is 0 Å². The number of carbonyl (C=O) groups is 2. The summed E-state index contributed by atoms with van der Waals surface area (Å²) in [5, 5.41) is 12.9. The number of hydrogen-bond donors (Lipinski definition) is 4. The van der Waals surface area contributed by atoms with Crippen molar-refractivity contribution in [1.29, 1.82) is 0 Å². The molecule has 10 heteroatoms. The van der Waals surface area contributed by atoms with Crippen molar-refractivity contribution in [2.24, 2.45) is 11.3 Å². The van der Waals surface area contributed by atoms with E-state index in [-0.39, 0.29) is 29.4 Å². The van der Waals surface area contributed by atoms with Crippen molar-refractivity contribution in [3.63, 3.8) is 0 Å². The Hall–Kier alpha value is -1.86. The smallest absolute Gasteiger partial charge is 0.319 e. The monoisotopic (exact) mass is 502 g/mol. The van der Waals surface area contributed by atoms with Gasteiger partial charge in [-0.3, -0.25) is 0 Å². The first-order valence-corrected chi connectivity index (χ1v) is 11.1. The molecule has 0 heterocycles. The summed E-state index contributed by atoms with van der Waals surface area (Å²) in [6.45, 7) is 4.60. The van der Waals surface area contributed by atoms with Gasteiger partial charge in [0.15, 0.2) is 0 Å². The minimum Gasteiger partial charge on any atom is -0.338 e. The lowest BCUT2D eigenvalue weighted by molar-refractivity contribution is 0.0244. The molecule has 6 nitrogen and oxygen atoms in total. The van der Waals surface area contributed by atoms with Crippen LogP contribution in [0.3, 0.4) is 0 Å². The van der Waals surface area contributed by atoms with Crippen LogP contribution in [0, 0.1) is 11.3 Å². The van der Waals surface area contributed by atoms with E-state index in [1.807, 2.05) is 0 Å². The molecule has 0 saturated heterocycles. The van der Waals surface area contributed by atoms with E-state index in [4.69, 9.17) is 46.4 Å². The molecule has 2 aromatic rings. The summed E-state index contributed by atoms with van der Waals surface area (Å²) in [6.07, 6.45) is 0.745. The van der Waals surface area contributed by atoms with Gasteiger partial charge < -0.3 is 21.3 Å². The maximum atomic E-state index is 12.3. The maximum absolute atomic E-state index is 12.3. The average Bonchev–Trinajstić information content (AvgIpc) is 2.69. The second kappa shape index (κ2) is 9.74. The Morgan fingerprint density at radius 1 is 0.871 bits per heavy atom. The van der Waals surface area contributed by atoms with Gasteiger partial charge in [-0.15, -0.1) is 0 Å². The third-order valence-corrected chi connectivity index (χ3v) is 7.12. The Labute approximate surface area is 201 Å². The minimum absolute atomic E-state index is 0.0276. The molecule has 2 atom stereocenters. The molecule has 2 aromatic carbocycles.